The minimum atomic E-state index is -0.435. The summed E-state index contributed by atoms with van der Waals surface area (Å²) < 4.78 is 5.06. The number of carbonyl (C=O) groups is 2. The molecule has 1 aromatic carbocycles. The van der Waals surface area contributed by atoms with Gasteiger partial charge in [-0.25, -0.2) is 4.79 Å². The Morgan fingerprint density at radius 2 is 2.00 bits per heavy atom. The number of nitrogens with zero attached hydrogens (tertiary/aromatic N) is 1. The largest absolute Gasteiger partial charge is 0.497 e. The highest BCUT2D eigenvalue weighted by molar-refractivity contribution is 5.88. The number of rotatable bonds is 4. The van der Waals surface area contributed by atoms with Gasteiger partial charge in [-0.1, -0.05) is 0 Å². The monoisotopic (exact) mass is 292 g/mol. The van der Waals surface area contributed by atoms with E-state index >= 15 is 0 Å². The first-order valence-corrected chi connectivity index (χ1v) is 6.84. The minimum Gasteiger partial charge on any atom is -0.497 e. The van der Waals surface area contributed by atoms with E-state index in [0.717, 1.165) is 17.9 Å². The number of methoxy groups -OCH3 is 1. The van der Waals surface area contributed by atoms with Gasteiger partial charge in [0.15, 0.2) is 0 Å². The van der Waals surface area contributed by atoms with Gasteiger partial charge in [-0.05, 0) is 37.1 Å². The van der Waals surface area contributed by atoms with E-state index in [9.17, 15) is 9.59 Å². The number of urea groups is 1. The molecule has 1 aliphatic rings. The van der Waals surface area contributed by atoms with Crippen molar-refractivity contribution < 1.29 is 14.3 Å². The summed E-state index contributed by atoms with van der Waals surface area (Å²) >= 11 is 0. The number of ether oxygens (including phenoxy) is 1. The quantitative estimate of drug-likeness (QED) is 0.721. The van der Waals surface area contributed by atoms with E-state index in [-0.39, 0.29) is 11.9 Å². The third-order valence-corrected chi connectivity index (χ3v) is 3.45. The van der Waals surface area contributed by atoms with Crippen LogP contribution in [0.1, 0.15) is 12.8 Å². The SMILES string of the molecule is CNC(=O)N1CCCC1C(=O)NNc1ccc(OC)cc1. The van der Waals surface area contributed by atoms with Crippen molar-refractivity contribution in [2.75, 3.05) is 26.1 Å². The molecule has 1 aliphatic heterocycles. The van der Waals surface area contributed by atoms with Gasteiger partial charge in [0.2, 0.25) is 0 Å². The molecule has 0 aromatic heterocycles. The lowest BCUT2D eigenvalue weighted by Crippen LogP contribution is -2.49. The van der Waals surface area contributed by atoms with E-state index < -0.39 is 6.04 Å². The van der Waals surface area contributed by atoms with Crippen molar-refractivity contribution in [1.29, 1.82) is 0 Å². The molecule has 3 amide bonds. The molecule has 1 fully saturated rings. The molecule has 0 spiro atoms. The maximum atomic E-state index is 12.2. The van der Waals surface area contributed by atoms with Gasteiger partial charge in [0.05, 0.1) is 12.8 Å². The summed E-state index contributed by atoms with van der Waals surface area (Å²) in [6.45, 7) is 0.598. The third kappa shape index (κ3) is 3.56. The van der Waals surface area contributed by atoms with Crippen LogP contribution in [0.5, 0.6) is 5.75 Å². The predicted octanol–water partition coefficient (Wildman–Crippen LogP) is 0.942. The number of carbonyl (C=O) groups excluding carboxylic acids is 2. The van der Waals surface area contributed by atoms with Crippen LogP contribution in [0.4, 0.5) is 10.5 Å². The maximum Gasteiger partial charge on any atom is 0.317 e. The Labute approximate surface area is 123 Å². The molecule has 2 rings (SSSR count). The van der Waals surface area contributed by atoms with Crippen LogP contribution < -0.4 is 20.9 Å². The first kappa shape index (κ1) is 15.0. The summed E-state index contributed by atoms with van der Waals surface area (Å²) in [6, 6.07) is 6.52. The number of anilines is 1. The van der Waals surface area contributed by atoms with Gasteiger partial charge in [0.1, 0.15) is 11.8 Å². The lowest BCUT2D eigenvalue weighted by atomic mass is 10.2. The predicted molar refractivity (Wildman–Crippen MR) is 78.9 cm³/mol. The van der Waals surface area contributed by atoms with Crippen LogP contribution in [0.3, 0.4) is 0 Å². The van der Waals surface area contributed by atoms with E-state index in [1.807, 2.05) is 0 Å². The van der Waals surface area contributed by atoms with E-state index in [2.05, 4.69) is 16.2 Å². The highest BCUT2D eigenvalue weighted by Gasteiger charge is 2.33. The van der Waals surface area contributed by atoms with Crippen LogP contribution >= 0.6 is 0 Å². The molecule has 114 valence electrons. The van der Waals surface area contributed by atoms with Gasteiger partial charge in [-0.3, -0.25) is 15.6 Å². The van der Waals surface area contributed by atoms with Crippen LogP contribution in [0, 0.1) is 0 Å². The maximum absolute atomic E-state index is 12.2. The molecule has 0 radical (unpaired) electrons. The number of benzene rings is 1. The Morgan fingerprint density at radius 1 is 1.29 bits per heavy atom. The second-order valence-electron chi connectivity index (χ2n) is 4.75. The molecule has 1 unspecified atom stereocenters. The molecule has 1 heterocycles. The van der Waals surface area contributed by atoms with Crippen LogP contribution in [0.25, 0.3) is 0 Å². The zero-order valence-corrected chi connectivity index (χ0v) is 12.2. The normalized spacial score (nSPS) is 17.2. The van der Waals surface area contributed by atoms with E-state index in [1.54, 1.807) is 43.3 Å². The topological polar surface area (TPSA) is 82.7 Å². The van der Waals surface area contributed by atoms with Gasteiger partial charge in [-0.15, -0.1) is 0 Å². The van der Waals surface area contributed by atoms with Gasteiger partial charge >= 0.3 is 6.03 Å². The smallest absolute Gasteiger partial charge is 0.317 e. The standard InChI is InChI=1S/C14H20N4O3/c1-15-14(20)18-9-3-4-12(18)13(19)17-16-10-5-7-11(21-2)8-6-10/h5-8,12,16H,3-4,9H2,1-2H3,(H,15,20)(H,17,19). The first-order chi connectivity index (χ1) is 10.2. The summed E-state index contributed by atoms with van der Waals surface area (Å²) in [5.74, 6) is 0.528. The van der Waals surface area contributed by atoms with Crippen molar-refractivity contribution >= 4 is 17.6 Å². The molecule has 1 aromatic rings. The van der Waals surface area contributed by atoms with Gasteiger partial charge < -0.3 is 15.0 Å². The molecule has 7 heteroatoms. The van der Waals surface area contributed by atoms with Crippen molar-refractivity contribution in [1.82, 2.24) is 15.6 Å². The van der Waals surface area contributed by atoms with Crippen LogP contribution in [0.15, 0.2) is 24.3 Å². The molecule has 3 N–H and O–H groups in total. The van der Waals surface area contributed by atoms with Gasteiger partial charge in [0.25, 0.3) is 5.91 Å². The van der Waals surface area contributed by atoms with Crippen LogP contribution in [-0.4, -0.2) is 43.6 Å². The summed E-state index contributed by atoms with van der Waals surface area (Å²) in [5, 5.41) is 2.55. The van der Waals surface area contributed by atoms with Gasteiger partial charge in [0, 0.05) is 13.6 Å². The van der Waals surface area contributed by atoms with Crippen molar-refractivity contribution in [3.05, 3.63) is 24.3 Å². The summed E-state index contributed by atoms with van der Waals surface area (Å²) in [6.07, 6.45) is 1.50. The Morgan fingerprint density at radius 3 is 2.62 bits per heavy atom. The fourth-order valence-corrected chi connectivity index (χ4v) is 2.32. The van der Waals surface area contributed by atoms with Crippen LogP contribution in [0.2, 0.25) is 0 Å². The number of hydrazine groups is 1. The third-order valence-electron chi connectivity index (χ3n) is 3.45. The summed E-state index contributed by atoms with van der Waals surface area (Å²) in [7, 11) is 3.16. The highest BCUT2D eigenvalue weighted by Crippen LogP contribution is 2.18. The lowest BCUT2D eigenvalue weighted by Gasteiger charge is -2.23. The average molecular weight is 292 g/mol. The second kappa shape index (κ2) is 6.83. The average Bonchev–Trinajstić information content (AvgIpc) is 3.02. The summed E-state index contributed by atoms with van der Waals surface area (Å²) in [4.78, 5) is 25.4. The zero-order valence-electron chi connectivity index (χ0n) is 12.2. The molecule has 7 nitrogen and oxygen atoms in total. The number of likely N-dealkylation sites (tertiary alicyclic amines) is 1. The lowest BCUT2D eigenvalue weighted by molar-refractivity contribution is -0.124. The Balaban J connectivity index is 1.90. The first-order valence-electron chi connectivity index (χ1n) is 6.84. The summed E-state index contributed by atoms with van der Waals surface area (Å²) in [5.41, 5.74) is 6.22. The van der Waals surface area contributed by atoms with Crippen molar-refractivity contribution in [2.24, 2.45) is 0 Å². The minimum absolute atomic E-state index is 0.216. The number of nitrogens with one attached hydrogen (secondary N) is 3. The molecular weight excluding hydrogens is 272 g/mol. The molecule has 1 atom stereocenters. The molecule has 0 bridgehead atoms. The second-order valence-corrected chi connectivity index (χ2v) is 4.75. The fraction of sp³-hybridized carbons (Fsp3) is 0.429. The Hall–Kier alpha value is -2.44. The number of amides is 3. The molecular formula is C14H20N4O3. The van der Waals surface area contributed by atoms with E-state index in [1.165, 1.54) is 0 Å². The zero-order chi connectivity index (χ0) is 15.2. The Bertz CT molecular complexity index is 503. The molecule has 21 heavy (non-hydrogen) atoms. The van der Waals surface area contributed by atoms with Crippen LogP contribution in [-0.2, 0) is 4.79 Å². The van der Waals surface area contributed by atoms with E-state index in [4.69, 9.17) is 4.74 Å². The molecule has 0 saturated carbocycles. The van der Waals surface area contributed by atoms with Crippen molar-refractivity contribution in [2.45, 2.75) is 18.9 Å². The molecule has 0 aliphatic carbocycles. The Kier molecular flexibility index (Phi) is 4.86. The van der Waals surface area contributed by atoms with Gasteiger partial charge in [-0.2, -0.15) is 0 Å². The number of hydrogen-bond acceptors (Lipinski definition) is 4. The van der Waals surface area contributed by atoms with E-state index in [0.29, 0.717) is 13.0 Å². The molecule has 1 saturated heterocycles. The number of hydrogen-bond donors (Lipinski definition) is 3. The highest BCUT2D eigenvalue weighted by atomic mass is 16.5. The van der Waals surface area contributed by atoms with Crippen molar-refractivity contribution in [3.63, 3.8) is 0 Å². The van der Waals surface area contributed by atoms with Crippen molar-refractivity contribution in [3.8, 4) is 5.75 Å². The fourth-order valence-electron chi connectivity index (χ4n) is 2.32.